The van der Waals surface area contributed by atoms with Crippen molar-refractivity contribution < 1.29 is 14.6 Å². The van der Waals surface area contributed by atoms with Crippen LogP contribution in [0.3, 0.4) is 0 Å². The first-order valence-electron chi connectivity index (χ1n) is 4.43. The highest BCUT2D eigenvalue weighted by Crippen LogP contribution is 2.18. The summed E-state index contributed by atoms with van der Waals surface area (Å²) in [6, 6.07) is 9.00. The fourth-order valence-electron chi connectivity index (χ4n) is 1.34. The van der Waals surface area contributed by atoms with Crippen LogP contribution in [0, 0.1) is 0 Å². The molecular formula is C11H14O3. The second-order valence-electron chi connectivity index (χ2n) is 3.12. The molecule has 0 bridgehead atoms. The predicted octanol–water partition coefficient (Wildman–Crippen LogP) is 1.32. The van der Waals surface area contributed by atoms with Gasteiger partial charge in [-0.2, -0.15) is 0 Å². The molecule has 0 aliphatic rings. The second-order valence-corrected chi connectivity index (χ2v) is 3.12. The van der Waals surface area contributed by atoms with E-state index in [9.17, 15) is 9.90 Å². The molecule has 0 saturated heterocycles. The molecule has 0 spiro atoms. The van der Waals surface area contributed by atoms with E-state index in [0.717, 1.165) is 0 Å². The van der Waals surface area contributed by atoms with Crippen molar-refractivity contribution in [2.75, 3.05) is 7.11 Å². The number of carbonyl (C=O) groups is 1. The maximum absolute atomic E-state index is 11.1. The van der Waals surface area contributed by atoms with Gasteiger partial charge in [0, 0.05) is 7.11 Å². The van der Waals surface area contributed by atoms with Gasteiger partial charge >= 0.3 is 0 Å². The maximum Gasteiger partial charge on any atom is 0.161 e. The van der Waals surface area contributed by atoms with Crippen LogP contribution in [0.25, 0.3) is 0 Å². The van der Waals surface area contributed by atoms with Crippen molar-refractivity contribution in [1.82, 2.24) is 0 Å². The Morgan fingerprint density at radius 2 is 1.93 bits per heavy atom. The molecular weight excluding hydrogens is 180 g/mol. The summed E-state index contributed by atoms with van der Waals surface area (Å²) in [5.41, 5.74) is 0.689. The number of hydrogen-bond acceptors (Lipinski definition) is 3. The van der Waals surface area contributed by atoms with Gasteiger partial charge in [-0.1, -0.05) is 30.3 Å². The fraction of sp³-hybridized carbons (Fsp3) is 0.364. The number of aliphatic hydroxyl groups excluding tert-OH is 1. The van der Waals surface area contributed by atoms with Crippen LogP contribution in [0.1, 0.15) is 18.6 Å². The molecule has 0 heterocycles. The molecule has 0 fully saturated rings. The van der Waals surface area contributed by atoms with Gasteiger partial charge in [-0.25, -0.2) is 0 Å². The van der Waals surface area contributed by atoms with Gasteiger partial charge in [0.2, 0.25) is 0 Å². The third kappa shape index (κ3) is 2.40. The van der Waals surface area contributed by atoms with Crippen LogP contribution in [-0.2, 0) is 9.53 Å². The molecule has 1 N–H and O–H groups in total. The molecule has 3 heteroatoms. The number of ether oxygens (including phenoxy) is 1. The molecule has 0 radical (unpaired) electrons. The second kappa shape index (κ2) is 4.88. The van der Waals surface area contributed by atoms with Crippen LogP contribution in [0.15, 0.2) is 30.3 Å². The van der Waals surface area contributed by atoms with Crippen LogP contribution < -0.4 is 0 Å². The highest BCUT2D eigenvalue weighted by atomic mass is 16.5. The minimum Gasteiger partial charge on any atom is -0.385 e. The number of aliphatic hydroxyl groups is 1. The van der Waals surface area contributed by atoms with Crippen molar-refractivity contribution in [2.24, 2.45) is 0 Å². The van der Waals surface area contributed by atoms with Gasteiger partial charge < -0.3 is 9.84 Å². The third-order valence-corrected chi connectivity index (χ3v) is 2.08. The molecule has 3 nitrogen and oxygen atoms in total. The van der Waals surface area contributed by atoms with E-state index in [4.69, 9.17) is 4.74 Å². The van der Waals surface area contributed by atoms with Gasteiger partial charge in [-0.15, -0.1) is 0 Å². The molecule has 0 saturated carbocycles. The first kappa shape index (κ1) is 10.9. The lowest BCUT2D eigenvalue weighted by atomic mass is 10.0. The summed E-state index contributed by atoms with van der Waals surface area (Å²) in [5, 5.41) is 9.80. The van der Waals surface area contributed by atoms with E-state index in [1.54, 1.807) is 12.1 Å². The van der Waals surface area contributed by atoms with E-state index in [1.807, 2.05) is 18.2 Å². The molecule has 1 aromatic rings. The lowest BCUT2D eigenvalue weighted by Crippen LogP contribution is -2.28. The summed E-state index contributed by atoms with van der Waals surface area (Å²) >= 11 is 0. The lowest BCUT2D eigenvalue weighted by molar-refractivity contribution is -0.133. The van der Waals surface area contributed by atoms with Crippen molar-refractivity contribution in [1.29, 1.82) is 0 Å². The normalized spacial score (nSPS) is 14.8. The Bertz CT molecular complexity index is 295. The van der Waals surface area contributed by atoms with E-state index >= 15 is 0 Å². The number of ketones is 1. The quantitative estimate of drug-likeness (QED) is 0.786. The predicted molar refractivity (Wildman–Crippen MR) is 52.9 cm³/mol. The summed E-state index contributed by atoms with van der Waals surface area (Å²) < 4.78 is 4.93. The van der Waals surface area contributed by atoms with E-state index in [-0.39, 0.29) is 5.78 Å². The highest BCUT2D eigenvalue weighted by Gasteiger charge is 2.24. The van der Waals surface area contributed by atoms with Gasteiger partial charge in [0.05, 0.1) is 0 Å². The number of hydrogen-bond donors (Lipinski definition) is 1. The van der Waals surface area contributed by atoms with Crippen molar-refractivity contribution >= 4 is 5.78 Å². The number of carbonyl (C=O) groups excluding carboxylic acids is 1. The number of rotatable bonds is 4. The van der Waals surface area contributed by atoms with Gasteiger partial charge in [0.25, 0.3) is 0 Å². The minimum absolute atomic E-state index is 0.177. The summed E-state index contributed by atoms with van der Waals surface area (Å²) in [6.07, 6.45) is -1.67. The Kier molecular flexibility index (Phi) is 3.80. The van der Waals surface area contributed by atoms with Gasteiger partial charge in [-0.05, 0) is 12.5 Å². The van der Waals surface area contributed by atoms with E-state index < -0.39 is 12.2 Å². The molecule has 1 rings (SSSR count). The number of methoxy groups -OCH3 is 1. The Morgan fingerprint density at radius 3 is 2.36 bits per heavy atom. The smallest absolute Gasteiger partial charge is 0.161 e. The maximum atomic E-state index is 11.1. The number of Topliss-reactive ketones (excluding diaryl/α,β-unsaturated/α-hetero) is 1. The van der Waals surface area contributed by atoms with E-state index in [0.29, 0.717) is 5.56 Å². The van der Waals surface area contributed by atoms with E-state index in [1.165, 1.54) is 14.0 Å². The molecule has 0 aromatic heterocycles. The Balaban J connectivity index is 2.83. The van der Waals surface area contributed by atoms with Crippen LogP contribution in [0.2, 0.25) is 0 Å². The van der Waals surface area contributed by atoms with Crippen molar-refractivity contribution in [3.63, 3.8) is 0 Å². The molecule has 2 unspecified atom stereocenters. The molecule has 14 heavy (non-hydrogen) atoms. The average molecular weight is 194 g/mol. The van der Waals surface area contributed by atoms with Gasteiger partial charge in [0.1, 0.15) is 12.2 Å². The Morgan fingerprint density at radius 1 is 1.36 bits per heavy atom. The molecule has 0 amide bonds. The fourth-order valence-corrected chi connectivity index (χ4v) is 1.34. The SMILES string of the molecule is COC(C(C)=O)C(O)c1ccccc1. The standard InChI is InChI=1S/C11H14O3/c1-8(12)11(14-2)10(13)9-6-4-3-5-7-9/h3-7,10-11,13H,1-2H3. The van der Waals surface area contributed by atoms with E-state index in [2.05, 4.69) is 0 Å². The minimum atomic E-state index is -0.890. The third-order valence-electron chi connectivity index (χ3n) is 2.08. The first-order valence-corrected chi connectivity index (χ1v) is 4.43. The zero-order valence-electron chi connectivity index (χ0n) is 8.31. The summed E-state index contributed by atoms with van der Waals surface area (Å²) in [7, 11) is 1.41. The zero-order valence-corrected chi connectivity index (χ0v) is 8.31. The Hall–Kier alpha value is -1.19. The summed E-state index contributed by atoms with van der Waals surface area (Å²) in [6.45, 7) is 1.40. The number of benzene rings is 1. The average Bonchev–Trinajstić information content (AvgIpc) is 2.19. The molecule has 76 valence electrons. The van der Waals surface area contributed by atoms with Gasteiger partial charge in [-0.3, -0.25) is 4.79 Å². The monoisotopic (exact) mass is 194 g/mol. The van der Waals surface area contributed by atoms with Gasteiger partial charge in [0.15, 0.2) is 5.78 Å². The van der Waals surface area contributed by atoms with Crippen LogP contribution in [0.5, 0.6) is 0 Å². The van der Waals surface area contributed by atoms with Crippen molar-refractivity contribution in [3.8, 4) is 0 Å². The van der Waals surface area contributed by atoms with Crippen molar-refractivity contribution in [3.05, 3.63) is 35.9 Å². The molecule has 1 aromatic carbocycles. The van der Waals surface area contributed by atoms with Crippen molar-refractivity contribution in [2.45, 2.75) is 19.1 Å². The van der Waals surface area contributed by atoms with Crippen LogP contribution >= 0.6 is 0 Å². The molecule has 2 atom stereocenters. The highest BCUT2D eigenvalue weighted by molar-refractivity contribution is 5.81. The largest absolute Gasteiger partial charge is 0.385 e. The molecule has 0 aliphatic heterocycles. The summed E-state index contributed by atoms with van der Waals surface area (Å²) in [5.74, 6) is -0.177. The van der Waals surface area contributed by atoms with Crippen LogP contribution in [0.4, 0.5) is 0 Å². The lowest BCUT2D eigenvalue weighted by Gasteiger charge is -2.18. The first-order chi connectivity index (χ1) is 6.66. The zero-order chi connectivity index (χ0) is 10.6. The molecule has 0 aliphatic carbocycles. The van der Waals surface area contributed by atoms with Crippen LogP contribution in [-0.4, -0.2) is 24.1 Å². The summed E-state index contributed by atoms with van der Waals surface area (Å²) in [4.78, 5) is 11.1. The topological polar surface area (TPSA) is 46.5 Å². The Labute approximate surface area is 83.3 Å².